The van der Waals surface area contributed by atoms with Gasteiger partial charge >= 0.3 is 0 Å². The number of nitrogens with zero attached hydrogens (tertiary/aromatic N) is 2. The second-order valence-electron chi connectivity index (χ2n) is 7.36. The van der Waals surface area contributed by atoms with Crippen molar-refractivity contribution in [2.75, 3.05) is 13.1 Å². The number of likely N-dealkylation sites (tertiary alicyclic amines) is 1. The van der Waals surface area contributed by atoms with Crippen molar-refractivity contribution in [3.63, 3.8) is 0 Å². The smallest absolute Gasteiger partial charge is 0.256 e. The van der Waals surface area contributed by atoms with Crippen LogP contribution < -0.4 is 10.7 Å². The lowest BCUT2D eigenvalue weighted by Gasteiger charge is -2.34. The van der Waals surface area contributed by atoms with Crippen LogP contribution in [0.25, 0.3) is 0 Å². The molecule has 2 fully saturated rings. The average molecular weight is 345 g/mol. The molecule has 0 atom stereocenters. The van der Waals surface area contributed by atoms with Crippen LogP contribution in [0, 0.1) is 12.8 Å². The van der Waals surface area contributed by atoms with Crippen LogP contribution in [0.4, 0.5) is 0 Å². The number of aryl methyl sites for hydroxylation is 2. The number of rotatable bonds is 3. The summed E-state index contributed by atoms with van der Waals surface area (Å²) in [5.41, 5.74) is 0.750. The zero-order chi connectivity index (χ0) is 18.0. The van der Waals surface area contributed by atoms with Gasteiger partial charge in [0.2, 0.25) is 5.91 Å². The maximum absolute atomic E-state index is 12.5. The van der Waals surface area contributed by atoms with E-state index in [-0.39, 0.29) is 34.8 Å². The van der Waals surface area contributed by atoms with Gasteiger partial charge in [-0.05, 0) is 32.6 Å². The van der Waals surface area contributed by atoms with E-state index in [0.29, 0.717) is 13.1 Å². The van der Waals surface area contributed by atoms with Crippen LogP contribution in [0.5, 0.6) is 0 Å². The first-order valence-corrected chi connectivity index (χ1v) is 9.22. The molecule has 0 aromatic carbocycles. The van der Waals surface area contributed by atoms with E-state index >= 15 is 0 Å². The molecule has 1 aromatic rings. The third-order valence-corrected chi connectivity index (χ3v) is 5.58. The van der Waals surface area contributed by atoms with Crippen LogP contribution in [0.2, 0.25) is 0 Å². The topological polar surface area (TPSA) is 71.4 Å². The maximum Gasteiger partial charge on any atom is 0.256 e. The second-order valence-corrected chi connectivity index (χ2v) is 7.36. The van der Waals surface area contributed by atoms with Crippen molar-refractivity contribution in [2.45, 2.75) is 51.5 Å². The lowest BCUT2D eigenvalue weighted by atomic mass is 10.0. The van der Waals surface area contributed by atoms with Crippen LogP contribution in [0.15, 0.2) is 17.1 Å². The van der Waals surface area contributed by atoms with Gasteiger partial charge in [0.1, 0.15) is 5.56 Å². The van der Waals surface area contributed by atoms with Crippen molar-refractivity contribution in [3.05, 3.63) is 33.7 Å². The summed E-state index contributed by atoms with van der Waals surface area (Å²) in [7, 11) is 1.82. The fraction of sp³-hybridized carbons (Fsp3) is 0.632. The summed E-state index contributed by atoms with van der Waals surface area (Å²) in [6.45, 7) is 3.21. The largest absolute Gasteiger partial charge is 0.354 e. The van der Waals surface area contributed by atoms with Gasteiger partial charge in [-0.15, -0.1) is 0 Å². The Balaban J connectivity index is 1.55. The van der Waals surface area contributed by atoms with Crippen LogP contribution in [0.3, 0.4) is 0 Å². The van der Waals surface area contributed by atoms with E-state index < -0.39 is 0 Å². The van der Waals surface area contributed by atoms with Crippen LogP contribution in [-0.2, 0) is 11.8 Å². The monoisotopic (exact) mass is 345 g/mol. The number of carbonyl (C=O) groups excluding carboxylic acids is 2. The Hall–Kier alpha value is -2.11. The second kappa shape index (κ2) is 7.42. The average Bonchev–Trinajstić information content (AvgIpc) is 3.12. The minimum absolute atomic E-state index is 0.0196. The predicted molar refractivity (Wildman–Crippen MR) is 95.4 cm³/mol. The molecule has 1 aliphatic heterocycles. The molecule has 0 spiro atoms. The molecule has 1 saturated carbocycles. The summed E-state index contributed by atoms with van der Waals surface area (Å²) >= 11 is 0. The number of carbonyl (C=O) groups is 2. The molecular weight excluding hydrogens is 318 g/mol. The highest BCUT2D eigenvalue weighted by Crippen LogP contribution is 2.27. The SMILES string of the molecule is Cc1cc(=O)c(C(=O)NC2CCN(C(=O)C3CCCC3)CC2)cn1C. The molecule has 0 unspecified atom stereocenters. The number of piperidine rings is 1. The molecule has 2 aliphatic rings. The van der Waals surface area contributed by atoms with Crippen molar-refractivity contribution in [1.82, 2.24) is 14.8 Å². The van der Waals surface area contributed by atoms with Crippen LogP contribution >= 0.6 is 0 Å². The molecular formula is C19H27N3O3. The Labute approximate surface area is 148 Å². The molecule has 1 aromatic heterocycles. The number of pyridine rings is 1. The Bertz CT molecular complexity index is 711. The number of amides is 2. The summed E-state index contributed by atoms with van der Waals surface area (Å²) in [5.74, 6) is 0.178. The molecule has 6 heteroatoms. The Morgan fingerprint density at radius 3 is 2.40 bits per heavy atom. The Kier molecular flexibility index (Phi) is 5.25. The summed E-state index contributed by atoms with van der Waals surface area (Å²) in [6.07, 6.45) is 7.44. The highest BCUT2D eigenvalue weighted by molar-refractivity contribution is 5.94. The molecule has 6 nitrogen and oxygen atoms in total. The lowest BCUT2D eigenvalue weighted by Crippen LogP contribution is -2.48. The third-order valence-electron chi connectivity index (χ3n) is 5.58. The predicted octanol–water partition coefficient (Wildman–Crippen LogP) is 1.60. The van der Waals surface area contributed by atoms with E-state index in [2.05, 4.69) is 5.32 Å². The van der Waals surface area contributed by atoms with Crippen LogP contribution in [0.1, 0.15) is 54.6 Å². The number of hydrogen-bond acceptors (Lipinski definition) is 3. The van der Waals surface area contributed by atoms with E-state index in [9.17, 15) is 14.4 Å². The fourth-order valence-corrected chi connectivity index (χ4v) is 3.84. The molecule has 1 aliphatic carbocycles. The quantitative estimate of drug-likeness (QED) is 0.905. The summed E-state index contributed by atoms with van der Waals surface area (Å²) in [4.78, 5) is 38.9. The van der Waals surface area contributed by atoms with Gasteiger partial charge in [0.15, 0.2) is 5.43 Å². The standard InChI is InChI=1S/C19H27N3O3/c1-13-11-17(23)16(12-21(13)2)18(24)20-15-7-9-22(10-8-15)19(25)14-5-3-4-6-14/h11-12,14-15H,3-10H2,1-2H3,(H,20,24). The highest BCUT2D eigenvalue weighted by atomic mass is 16.2. The molecule has 3 rings (SSSR count). The normalized spacial score (nSPS) is 19.2. The minimum Gasteiger partial charge on any atom is -0.354 e. The number of aromatic nitrogens is 1. The van der Waals surface area contributed by atoms with Gasteiger partial charge in [-0.3, -0.25) is 14.4 Å². The maximum atomic E-state index is 12.5. The molecule has 0 bridgehead atoms. The molecule has 1 N–H and O–H groups in total. The Morgan fingerprint density at radius 2 is 1.76 bits per heavy atom. The molecule has 2 amide bonds. The zero-order valence-electron chi connectivity index (χ0n) is 15.1. The first-order valence-electron chi connectivity index (χ1n) is 9.22. The summed E-state index contributed by atoms with van der Waals surface area (Å²) in [5, 5.41) is 2.96. The molecule has 0 radical (unpaired) electrons. The van der Waals surface area contributed by atoms with E-state index in [4.69, 9.17) is 0 Å². The van der Waals surface area contributed by atoms with E-state index in [1.165, 1.54) is 6.07 Å². The van der Waals surface area contributed by atoms with Gasteiger partial charge in [0.25, 0.3) is 5.91 Å². The van der Waals surface area contributed by atoms with Gasteiger partial charge in [-0.2, -0.15) is 0 Å². The molecule has 2 heterocycles. The van der Waals surface area contributed by atoms with Gasteiger partial charge in [-0.1, -0.05) is 12.8 Å². The first-order chi connectivity index (χ1) is 12.0. The van der Waals surface area contributed by atoms with Crippen molar-refractivity contribution in [1.29, 1.82) is 0 Å². The number of nitrogens with one attached hydrogen (secondary N) is 1. The molecule has 1 saturated heterocycles. The zero-order valence-corrected chi connectivity index (χ0v) is 15.1. The van der Waals surface area contributed by atoms with Crippen molar-refractivity contribution < 1.29 is 9.59 Å². The van der Waals surface area contributed by atoms with Gasteiger partial charge in [0.05, 0.1) is 0 Å². The van der Waals surface area contributed by atoms with Gasteiger partial charge in [-0.25, -0.2) is 0 Å². The van der Waals surface area contributed by atoms with Crippen molar-refractivity contribution in [2.24, 2.45) is 13.0 Å². The highest BCUT2D eigenvalue weighted by Gasteiger charge is 2.30. The lowest BCUT2D eigenvalue weighted by molar-refractivity contribution is -0.136. The third kappa shape index (κ3) is 3.94. The van der Waals surface area contributed by atoms with Crippen LogP contribution in [-0.4, -0.2) is 40.4 Å². The summed E-state index contributed by atoms with van der Waals surface area (Å²) in [6, 6.07) is 1.50. The molecule has 136 valence electrons. The minimum atomic E-state index is -0.318. The van der Waals surface area contributed by atoms with E-state index in [1.807, 2.05) is 18.9 Å². The van der Waals surface area contributed by atoms with Gasteiger partial charge in [0, 0.05) is 50.1 Å². The summed E-state index contributed by atoms with van der Waals surface area (Å²) < 4.78 is 1.78. The molecule has 25 heavy (non-hydrogen) atoms. The van der Waals surface area contributed by atoms with E-state index in [1.54, 1.807) is 10.8 Å². The number of hydrogen-bond donors (Lipinski definition) is 1. The fourth-order valence-electron chi connectivity index (χ4n) is 3.84. The van der Waals surface area contributed by atoms with Crippen molar-refractivity contribution >= 4 is 11.8 Å². The van der Waals surface area contributed by atoms with E-state index in [0.717, 1.165) is 44.2 Å². The first kappa shape index (κ1) is 17.7. The Morgan fingerprint density at radius 1 is 1.12 bits per heavy atom. The van der Waals surface area contributed by atoms with Crippen molar-refractivity contribution in [3.8, 4) is 0 Å². The van der Waals surface area contributed by atoms with Gasteiger partial charge < -0.3 is 14.8 Å².